The molecular formula is C8H12N2. The summed E-state index contributed by atoms with van der Waals surface area (Å²) in [6.07, 6.45) is 2.40. The van der Waals surface area contributed by atoms with Crippen LogP contribution < -0.4 is 0 Å². The summed E-state index contributed by atoms with van der Waals surface area (Å²) in [6.45, 7) is 5.44. The van der Waals surface area contributed by atoms with Crippen LogP contribution in [0.15, 0.2) is 11.6 Å². The van der Waals surface area contributed by atoms with Crippen molar-refractivity contribution in [3.05, 3.63) is 11.6 Å². The average molecular weight is 136 g/mol. The van der Waals surface area contributed by atoms with Gasteiger partial charge in [0, 0.05) is 12.0 Å². The van der Waals surface area contributed by atoms with Crippen LogP contribution in [0.25, 0.3) is 0 Å². The van der Waals surface area contributed by atoms with Gasteiger partial charge in [-0.05, 0) is 13.8 Å². The van der Waals surface area contributed by atoms with Gasteiger partial charge in [0.1, 0.15) is 0 Å². The van der Waals surface area contributed by atoms with E-state index >= 15 is 0 Å². The maximum atomic E-state index is 8.02. The molecule has 2 nitrogen and oxygen atoms in total. The van der Waals surface area contributed by atoms with Gasteiger partial charge in [0.25, 0.3) is 0 Å². The summed E-state index contributed by atoms with van der Waals surface area (Å²) in [5.41, 5.74) is 0.773. The second-order valence-corrected chi connectivity index (χ2v) is 1.60. The van der Waals surface area contributed by atoms with E-state index < -0.39 is 0 Å². The van der Waals surface area contributed by atoms with Crippen LogP contribution >= 0.6 is 0 Å². The van der Waals surface area contributed by atoms with Crippen LogP contribution in [-0.2, 0) is 0 Å². The number of nitrogens with zero attached hydrogens (tertiary/aromatic N) is 2. The fourth-order valence-electron chi connectivity index (χ4n) is 0.0645. The van der Waals surface area contributed by atoms with Gasteiger partial charge in [-0.2, -0.15) is 10.5 Å². The van der Waals surface area contributed by atoms with E-state index in [1.807, 2.05) is 26.0 Å². The van der Waals surface area contributed by atoms with Gasteiger partial charge in [-0.3, -0.25) is 0 Å². The third-order valence-corrected chi connectivity index (χ3v) is 0.767. The van der Waals surface area contributed by atoms with Crippen molar-refractivity contribution in [2.75, 3.05) is 0 Å². The summed E-state index contributed by atoms with van der Waals surface area (Å²) in [5.74, 6) is 0. The molecule has 0 aromatic rings. The van der Waals surface area contributed by atoms with Crippen molar-refractivity contribution in [3.8, 4) is 12.1 Å². The van der Waals surface area contributed by atoms with E-state index in [-0.39, 0.29) is 0 Å². The molecule has 54 valence electrons. The highest BCUT2D eigenvalue weighted by atomic mass is 14.2. The van der Waals surface area contributed by atoms with Crippen LogP contribution in [0.5, 0.6) is 0 Å². The van der Waals surface area contributed by atoms with E-state index in [0.29, 0.717) is 6.42 Å². The lowest BCUT2D eigenvalue weighted by atomic mass is 10.3. The minimum atomic E-state index is 0.625. The summed E-state index contributed by atoms with van der Waals surface area (Å²) >= 11 is 0. The van der Waals surface area contributed by atoms with Gasteiger partial charge in [0.15, 0.2) is 0 Å². The molecule has 0 spiro atoms. The van der Waals surface area contributed by atoms with Gasteiger partial charge in [0.05, 0.1) is 12.1 Å². The first-order valence-electron chi connectivity index (χ1n) is 3.12. The highest BCUT2D eigenvalue weighted by molar-refractivity contribution is 5.15. The topological polar surface area (TPSA) is 47.6 Å². The van der Waals surface area contributed by atoms with Crippen LogP contribution in [-0.4, -0.2) is 0 Å². The molecule has 0 N–H and O–H groups in total. The first-order chi connectivity index (χ1) is 4.72. The average Bonchev–Trinajstić information content (AvgIpc) is 2.03. The molecule has 0 fully saturated rings. The maximum Gasteiger partial charge on any atom is 0.0940 e. The summed E-state index contributed by atoms with van der Waals surface area (Å²) in [7, 11) is 0. The van der Waals surface area contributed by atoms with Crippen LogP contribution in [0.2, 0.25) is 0 Å². The highest BCUT2D eigenvalue weighted by Crippen LogP contribution is 1.83. The van der Waals surface area contributed by atoms with Gasteiger partial charge < -0.3 is 0 Å². The fraction of sp³-hybridized carbons (Fsp3) is 0.500. The quantitative estimate of drug-likeness (QED) is 0.480. The fourth-order valence-corrected chi connectivity index (χ4v) is 0.0645. The minimum Gasteiger partial charge on any atom is -0.198 e. The normalized spacial score (nSPS) is 8.30. The second-order valence-electron chi connectivity index (χ2n) is 1.60. The number of hydrogen-bond donors (Lipinski definition) is 0. The third-order valence-electron chi connectivity index (χ3n) is 0.767. The molecule has 0 aromatic heterocycles. The summed E-state index contributed by atoms with van der Waals surface area (Å²) in [5, 5.41) is 15.6. The molecule has 0 aromatic carbocycles. The largest absolute Gasteiger partial charge is 0.198 e. The van der Waals surface area contributed by atoms with Crippen LogP contribution in [0.4, 0.5) is 0 Å². The Morgan fingerprint density at radius 2 is 1.90 bits per heavy atom. The molecule has 0 aliphatic heterocycles. The first-order valence-corrected chi connectivity index (χ1v) is 3.12. The molecule has 0 heterocycles. The Balaban J connectivity index is 0. The Hall–Kier alpha value is -1.28. The zero-order chi connectivity index (χ0) is 8.41. The smallest absolute Gasteiger partial charge is 0.0940 e. The molecule has 0 saturated carbocycles. The first kappa shape index (κ1) is 11.5. The van der Waals surface area contributed by atoms with Crippen molar-refractivity contribution in [1.82, 2.24) is 0 Å². The monoisotopic (exact) mass is 136 g/mol. The summed E-state index contributed by atoms with van der Waals surface area (Å²) in [4.78, 5) is 0. The summed E-state index contributed by atoms with van der Waals surface area (Å²) in [6, 6.07) is 3.91. The van der Waals surface area contributed by atoms with E-state index in [2.05, 4.69) is 0 Å². The van der Waals surface area contributed by atoms with Crippen LogP contribution in [0.3, 0.4) is 0 Å². The van der Waals surface area contributed by atoms with E-state index in [9.17, 15) is 0 Å². The van der Waals surface area contributed by atoms with Crippen molar-refractivity contribution in [1.29, 1.82) is 10.5 Å². The highest BCUT2D eigenvalue weighted by Gasteiger charge is 1.71. The molecule has 0 amide bonds. The van der Waals surface area contributed by atoms with Crippen LogP contribution in [0.1, 0.15) is 27.2 Å². The van der Waals surface area contributed by atoms with E-state index in [4.69, 9.17) is 10.5 Å². The lowest BCUT2D eigenvalue weighted by Gasteiger charge is -1.70. The Bertz CT molecular complexity index is 167. The molecule has 0 bridgehead atoms. The van der Waals surface area contributed by atoms with Gasteiger partial charge in [-0.1, -0.05) is 13.0 Å². The lowest BCUT2D eigenvalue weighted by molar-refractivity contribution is 1.22. The Morgan fingerprint density at radius 1 is 1.50 bits per heavy atom. The molecule has 10 heavy (non-hydrogen) atoms. The van der Waals surface area contributed by atoms with Gasteiger partial charge in [-0.25, -0.2) is 0 Å². The number of nitriles is 2. The van der Waals surface area contributed by atoms with Gasteiger partial charge in [0.2, 0.25) is 0 Å². The van der Waals surface area contributed by atoms with E-state index in [1.165, 1.54) is 0 Å². The maximum absolute atomic E-state index is 8.02. The van der Waals surface area contributed by atoms with Crippen molar-refractivity contribution in [3.63, 3.8) is 0 Å². The molecule has 0 unspecified atom stereocenters. The Labute approximate surface area is 62.4 Å². The predicted octanol–water partition coefficient (Wildman–Crippen LogP) is 2.40. The number of hydrogen-bond acceptors (Lipinski definition) is 2. The number of rotatable bonds is 0. The van der Waals surface area contributed by atoms with Gasteiger partial charge in [-0.15, -0.1) is 0 Å². The van der Waals surface area contributed by atoms with Crippen LogP contribution in [0, 0.1) is 22.7 Å². The summed E-state index contributed by atoms with van der Waals surface area (Å²) < 4.78 is 0. The molecule has 0 radical (unpaired) electrons. The zero-order valence-corrected chi connectivity index (χ0v) is 6.68. The van der Waals surface area contributed by atoms with Crippen molar-refractivity contribution < 1.29 is 0 Å². The molecule has 0 saturated heterocycles. The molecule has 0 aliphatic carbocycles. The standard InChI is InChI=1S/C5H7N.C3H5N/c1-3-5(2)4-6;1-2-3-4/h3H,1-2H3;2H2,1H3/b5-3-;. The minimum absolute atomic E-state index is 0.625. The third kappa shape index (κ3) is 15.9. The molecule has 0 rings (SSSR count). The SMILES string of the molecule is C/C=C(/C)C#N.CCC#N. The molecular weight excluding hydrogens is 124 g/mol. The van der Waals surface area contributed by atoms with Crippen molar-refractivity contribution >= 4 is 0 Å². The van der Waals surface area contributed by atoms with Gasteiger partial charge >= 0.3 is 0 Å². The van der Waals surface area contributed by atoms with E-state index in [0.717, 1.165) is 5.57 Å². The Kier molecular flexibility index (Phi) is 12.3. The molecule has 0 atom stereocenters. The second kappa shape index (κ2) is 10.7. The number of allylic oxidation sites excluding steroid dienone is 2. The molecule has 0 aliphatic rings. The van der Waals surface area contributed by atoms with Crippen molar-refractivity contribution in [2.45, 2.75) is 27.2 Å². The predicted molar refractivity (Wildman–Crippen MR) is 40.9 cm³/mol. The molecule has 2 heteroatoms. The Morgan fingerprint density at radius 3 is 1.90 bits per heavy atom. The van der Waals surface area contributed by atoms with E-state index in [1.54, 1.807) is 13.0 Å². The lowest BCUT2D eigenvalue weighted by Crippen LogP contribution is -1.58. The zero-order valence-electron chi connectivity index (χ0n) is 6.68. The van der Waals surface area contributed by atoms with Crippen molar-refractivity contribution in [2.24, 2.45) is 0 Å².